The predicted octanol–water partition coefficient (Wildman–Crippen LogP) is 2.96. The van der Waals surface area contributed by atoms with Gasteiger partial charge in [0, 0.05) is 22.9 Å². The first-order chi connectivity index (χ1) is 10.3. The molecule has 1 unspecified atom stereocenters. The summed E-state index contributed by atoms with van der Waals surface area (Å²) in [4.78, 5) is 12.4. The molecule has 0 saturated carbocycles. The summed E-state index contributed by atoms with van der Waals surface area (Å²) in [6, 6.07) is 7.55. The summed E-state index contributed by atoms with van der Waals surface area (Å²) in [6.45, 7) is 0. The molecular formula is C16H15N3O2. The van der Waals surface area contributed by atoms with E-state index >= 15 is 0 Å². The normalized spacial score (nSPS) is 17.6. The molecule has 0 saturated heterocycles. The van der Waals surface area contributed by atoms with Gasteiger partial charge in [-0.05, 0) is 31.0 Å². The molecule has 21 heavy (non-hydrogen) atoms. The summed E-state index contributed by atoms with van der Waals surface area (Å²) < 4.78 is 5.46. The second-order valence-electron chi connectivity index (χ2n) is 5.39. The van der Waals surface area contributed by atoms with E-state index in [0.29, 0.717) is 5.56 Å². The Kier molecular flexibility index (Phi) is 2.77. The van der Waals surface area contributed by atoms with E-state index in [1.165, 1.54) is 0 Å². The first-order valence-corrected chi connectivity index (χ1v) is 7.11. The summed E-state index contributed by atoms with van der Waals surface area (Å²) >= 11 is 0. The highest BCUT2D eigenvalue weighted by molar-refractivity contribution is 5.97. The molecule has 0 radical (unpaired) electrons. The van der Waals surface area contributed by atoms with Crippen LogP contribution >= 0.6 is 0 Å². The third-order valence-corrected chi connectivity index (χ3v) is 4.06. The molecule has 0 aliphatic heterocycles. The monoisotopic (exact) mass is 281 g/mol. The molecule has 2 heterocycles. The molecule has 0 fully saturated rings. The molecule has 5 heteroatoms. The van der Waals surface area contributed by atoms with E-state index in [9.17, 15) is 4.79 Å². The lowest BCUT2D eigenvalue weighted by atomic mass is 9.93. The molecule has 1 atom stereocenters. The van der Waals surface area contributed by atoms with Crippen LogP contribution in [-0.4, -0.2) is 16.1 Å². The number of carbonyl (C=O) groups excluding carboxylic acids is 1. The van der Waals surface area contributed by atoms with Crippen molar-refractivity contribution in [3.05, 3.63) is 53.6 Å². The number of hydrogen-bond acceptors (Lipinski definition) is 3. The van der Waals surface area contributed by atoms with Gasteiger partial charge in [-0.1, -0.05) is 6.07 Å². The number of aromatic amines is 1. The summed E-state index contributed by atoms with van der Waals surface area (Å²) in [5.74, 6) is 0.932. The van der Waals surface area contributed by atoms with Crippen molar-refractivity contribution in [3.8, 4) is 0 Å². The number of carbonyl (C=O) groups is 1. The summed E-state index contributed by atoms with van der Waals surface area (Å²) in [5.41, 5.74) is 2.62. The fraction of sp³-hybridized carbons (Fsp3) is 0.250. The van der Waals surface area contributed by atoms with Gasteiger partial charge >= 0.3 is 0 Å². The second kappa shape index (κ2) is 4.77. The van der Waals surface area contributed by atoms with Crippen LogP contribution in [0.1, 0.15) is 40.6 Å². The minimum absolute atomic E-state index is 0.0393. The average molecular weight is 281 g/mol. The summed E-state index contributed by atoms with van der Waals surface area (Å²) in [6.07, 6.45) is 6.38. The lowest BCUT2D eigenvalue weighted by molar-refractivity contribution is 0.0932. The molecule has 0 bridgehead atoms. The number of rotatable bonds is 2. The first kappa shape index (κ1) is 12.2. The Bertz CT molecular complexity index is 803. The minimum Gasteiger partial charge on any atom is -0.469 e. The maximum atomic E-state index is 12.4. The number of hydrogen-bond donors (Lipinski definition) is 2. The van der Waals surface area contributed by atoms with Crippen molar-refractivity contribution >= 4 is 16.8 Å². The third kappa shape index (κ3) is 2.11. The number of nitrogens with zero attached hydrogens (tertiary/aromatic N) is 1. The molecule has 1 aliphatic carbocycles. The highest BCUT2D eigenvalue weighted by Gasteiger charge is 2.24. The second-order valence-corrected chi connectivity index (χ2v) is 5.39. The van der Waals surface area contributed by atoms with Gasteiger partial charge in [-0.3, -0.25) is 9.89 Å². The molecule has 5 nitrogen and oxygen atoms in total. The zero-order valence-electron chi connectivity index (χ0n) is 11.4. The van der Waals surface area contributed by atoms with Crippen molar-refractivity contribution in [2.75, 3.05) is 0 Å². The molecule has 3 aromatic rings. The number of furan rings is 1. The van der Waals surface area contributed by atoms with Gasteiger partial charge in [0.1, 0.15) is 5.76 Å². The zero-order chi connectivity index (χ0) is 14.2. The lowest BCUT2D eigenvalue weighted by Crippen LogP contribution is -2.30. The van der Waals surface area contributed by atoms with Gasteiger partial charge in [-0.2, -0.15) is 5.10 Å². The first-order valence-electron chi connectivity index (χ1n) is 7.11. The van der Waals surface area contributed by atoms with Crippen LogP contribution in [-0.2, 0) is 6.42 Å². The summed E-state index contributed by atoms with van der Waals surface area (Å²) in [5, 5.41) is 11.0. The minimum atomic E-state index is -0.0643. The Morgan fingerprint density at radius 1 is 1.38 bits per heavy atom. The molecule has 1 amide bonds. The molecule has 106 valence electrons. The van der Waals surface area contributed by atoms with Gasteiger partial charge in [-0.15, -0.1) is 0 Å². The van der Waals surface area contributed by atoms with Gasteiger partial charge in [0.15, 0.2) is 0 Å². The van der Waals surface area contributed by atoms with E-state index in [1.54, 1.807) is 12.5 Å². The number of benzene rings is 1. The quantitative estimate of drug-likeness (QED) is 0.758. The van der Waals surface area contributed by atoms with Crippen LogP contribution in [0.4, 0.5) is 0 Å². The van der Waals surface area contributed by atoms with Crippen molar-refractivity contribution in [1.29, 1.82) is 0 Å². The number of amides is 1. The van der Waals surface area contributed by atoms with Gasteiger partial charge in [0.2, 0.25) is 0 Å². The Balaban J connectivity index is 1.59. The average Bonchev–Trinajstić information content (AvgIpc) is 3.15. The van der Waals surface area contributed by atoms with E-state index in [0.717, 1.165) is 41.5 Å². The van der Waals surface area contributed by atoms with Crippen LogP contribution in [0.3, 0.4) is 0 Å². The molecule has 0 spiro atoms. The van der Waals surface area contributed by atoms with Crippen LogP contribution in [0.2, 0.25) is 0 Å². The fourth-order valence-electron chi connectivity index (χ4n) is 2.96. The Hall–Kier alpha value is -2.56. The highest BCUT2D eigenvalue weighted by Crippen LogP contribution is 2.30. The number of nitrogens with one attached hydrogen (secondary N) is 2. The Morgan fingerprint density at radius 2 is 2.33 bits per heavy atom. The lowest BCUT2D eigenvalue weighted by Gasteiger charge is -2.22. The predicted molar refractivity (Wildman–Crippen MR) is 77.9 cm³/mol. The van der Waals surface area contributed by atoms with Gasteiger partial charge in [0.05, 0.1) is 24.0 Å². The van der Waals surface area contributed by atoms with Crippen molar-refractivity contribution < 1.29 is 9.21 Å². The molecule has 2 aromatic heterocycles. The summed E-state index contributed by atoms with van der Waals surface area (Å²) in [7, 11) is 0. The molecule has 1 aromatic carbocycles. The smallest absolute Gasteiger partial charge is 0.251 e. The number of aromatic nitrogens is 2. The van der Waals surface area contributed by atoms with E-state index in [-0.39, 0.29) is 11.9 Å². The van der Waals surface area contributed by atoms with E-state index in [4.69, 9.17) is 4.42 Å². The van der Waals surface area contributed by atoms with Crippen molar-refractivity contribution in [1.82, 2.24) is 15.5 Å². The number of H-pyrrole nitrogens is 1. The van der Waals surface area contributed by atoms with Crippen molar-refractivity contribution in [3.63, 3.8) is 0 Å². The Labute approximate surface area is 121 Å². The van der Waals surface area contributed by atoms with Gasteiger partial charge in [-0.25, -0.2) is 0 Å². The SMILES string of the molecule is O=C(NC1CCCc2occc21)c1ccc2cn[nH]c2c1. The maximum Gasteiger partial charge on any atom is 0.251 e. The van der Waals surface area contributed by atoms with Crippen molar-refractivity contribution in [2.45, 2.75) is 25.3 Å². The number of aryl methyl sites for hydroxylation is 1. The Morgan fingerprint density at radius 3 is 3.29 bits per heavy atom. The third-order valence-electron chi connectivity index (χ3n) is 4.06. The van der Waals surface area contributed by atoms with E-state index in [1.807, 2.05) is 24.3 Å². The van der Waals surface area contributed by atoms with Gasteiger partial charge in [0.25, 0.3) is 5.91 Å². The van der Waals surface area contributed by atoms with E-state index < -0.39 is 0 Å². The highest BCUT2D eigenvalue weighted by atomic mass is 16.3. The van der Waals surface area contributed by atoms with Gasteiger partial charge < -0.3 is 9.73 Å². The van der Waals surface area contributed by atoms with Crippen LogP contribution in [0.5, 0.6) is 0 Å². The number of fused-ring (bicyclic) bond motifs is 2. The van der Waals surface area contributed by atoms with Crippen LogP contribution < -0.4 is 5.32 Å². The fourth-order valence-corrected chi connectivity index (χ4v) is 2.96. The van der Waals surface area contributed by atoms with Crippen LogP contribution in [0.15, 0.2) is 41.1 Å². The van der Waals surface area contributed by atoms with Crippen LogP contribution in [0, 0.1) is 0 Å². The standard InChI is InChI=1S/C16H15N3O2/c20-16(10-4-5-11-9-17-19-14(11)8-10)18-13-2-1-3-15-12(13)6-7-21-15/h4-9,13H,1-3H2,(H,17,19)(H,18,20). The van der Waals surface area contributed by atoms with Crippen LogP contribution in [0.25, 0.3) is 10.9 Å². The maximum absolute atomic E-state index is 12.4. The van der Waals surface area contributed by atoms with Crippen molar-refractivity contribution in [2.24, 2.45) is 0 Å². The topological polar surface area (TPSA) is 70.9 Å². The van der Waals surface area contributed by atoms with E-state index in [2.05, 4.69) is 15.5 Å². The molecule has 2 N–H and O–H groups in total. The molecular weight excluding hydrogens is 266 g/mol. The molecule has 1 aliphatic rings. The molecule has 4 rings (SSSR count). The zero-order valence-corrected chi connectivity index (χ0v) is 11.4. The largest absolute Gasteiger partial charge is 0.469 e.